The van der Waals surface area contributed by atoms with Crippen LogP contribution in [-0.4, -0.2) is 44.9 Å². The topological polar surface area (TPSA) is 129 Å². The molecule has 0 fully saturated rings. The summed E-state index contributed by atoms with van der Waals surface area (Å²) >= 11 is 3.75. The van der Waals surface area contributed by atoms with E-state index in [9.17, 15) is 0 Å². The number of rotatable bonds is 12. The molecule has 0 unspecified atom stereocenters. The quantitative estimate of drug-likeness (QED) is 0.109. The summed E-state index contributed by atoms with van der Waals surface area (Å²) in [5.74, 6) is 5.97. The molecule has 0 saturated heterocycles. The number of thiophene rings is 2. The maximum Gasteiger partial charge on any atom is 0.164 e. The molecule has 0 N–H and O–H groups in total. The smallest absolute Gasteiger partial charge is 0.164 e. The standard InChI is InChI=1S/C50H33N3S.C41H25N3O.C41H25N3S/c1-50(2)41-28-34(33-19-23-37-35(27-33)18-17-30-22-26-44-46(45(30)37)40-15-9-10-16-43(40)54-44)20-24-38(41)39-25-21-36(29-42(39)50)49-52-47(31-11-5-3-6-12-31)51-48(53-49)32-13-7-4-8-14-32;2*1-3-9-28(10-4-1)39-42-40(29-11-5-2-6-12-29)44-41(43-39)30-18-15-26(16-19-30)31-21-23-33-32(25-31)20-17-27-22-24-36-38(37(27)33)34-13-7-8-14-35(34)45-36/h3-29H,1-2H3;2*1-25H. The number of hydrogen-bond donors (Lipinski definition) is 0. The average molecular weight is 1880 g/mol. The van der Waals surface area contributed by atoms with Gasteiger partial charge in [-0.05, 0) is 182 Å². The molecule has 0 atom stereocenters. The number of nitrogens with zero attached hydrogens (tertiary/aromatic N) is 9. The van der Waals surface area contributed by atoms with Crippen molar-refractivity contribution in [2.75, 3.05) is 0 Å². The lowest BCUT2D eigenvalue weighted by molar-refractivity contribution is 0.661. The molecule has 10 nitrogen and oxygen atoms in total. The van der Waals surface area contributed by atoms with E-state index in [-0.39, 0.29) is 5.41 Å². The van der Waals surface area contributed by atoms with Crippen molar-refractivity contribution in [1.82, 2.24) is 44.9 Å². The van der Waals surface area contributed by atoms with E-state index in [2.05, 4.69) is 311 Å². The lowest BCUT2D eigenvalue weighted by Gasteiger charge is -2.22. The number of aromatic nitrogens is 9. The van der Waals surface area contributed by atoms with Crippen molar-refractivity contribution in [2.45, 2.75) is 19.3 Å². The van der Waals surface area contributed by atoms with Crippen LogP contribution in [0.25, 0.3) is 274 Å². The zero-order chi connectivity index (χ0) is 95.5. The Bertz CT molecular complexity index is 9440. The molecule has 0 spiro atoms. The van der Waals surface area contributed by atoms with Crippen molar-refractivity contribution in [3.8, 4) is 147 Å². The fourth-order valence-electron chi connectivity index (χ4n) is 21.1. The van der Waals surface area contributed by atoms with Gasteiger partial charge in [-0.1, -0.05) is 414 Å². The second kappa shape index (κ2) is 35.2. The van der Waals surface area contributed by atoms with E-state index in [1.165, 1.54) is 149 Å². The van der Waals surface area contributed by atoms with Crippen molar-refractivity contribution in [2.24, 2.45) is 0 Å². The summed E-state index contributed by atoms with van der Waals surface area (Å²) in [4.78, 5) is 44.2. The first-order valence-corrected chi connectivity index (χ1v) is 50.1. The summed E-state index contributed by atoms with van der Waals surface area (Å²) in [6.07, 6.45) is 0. The van der Waals surface area contributed by atoms with Crippen LogP contribution >= 0.6 is 22.7 Å². The van der Waals surface area contributed by atoms with Gasteiger partial charge in [0.2, 0.25) is 0 Å². The third kappa shape index (κ3) is 15.2. The van der Waals surface area contributed by atoms with Crippen molar-refractivity contribution < 1.29 is 4.42 Å². The van der Waals surface area contributed by atoms with Crippen LogP contribution in [0.5, 0.6) is 0 Å². The van der Waals surface area contributed by atoms with E-state index < -0.39 is 0 Å². The Balaban J connectivity index is 0.000000108. The highest BCUT2D eigenvalue weighted by Gasteiger charge is 2.37. The van der Waals surface area contributed by atoms with Gasteiger partial charge in [-0.3, -0.25) is 0 Å². The molecule has 0 amide bonds. The van der Waals surface area contributed by atoms with Crippen molar-refractivity contribution in [3.63, 3.8) is 0 Å². The Morgan fingerprint density at radius 1 is 0.167 bits per heavy atom. The van der Waals surface area contributed by atoms with Crippen LogP contribution in [0.2, 0.25) is 0 Å². The molecule has 6 aromatic heterocycles. The number of benzene rings is 22. The zero-order valence-electron chi connectivity index (χ0n) is 78.2. The van der Waals surface area contributed by atoms with E-state index in [1.807, 2.05) is 193 Å². The maximum atomic E-state index is 6.20. The van der Waals surface area contributed by atoms with Gasteiger partial charge in [0.15, 0.2) is 52.4 Å². The molecular weight excluding hydrogens is 1790 g/mol. The molecule has 28 aromatic rings. The fraction of sp³-hybridized carbons (Fsp3) is 0.0227. The third-order valence-electron chi connectivity index (χ3n) is 28.3. The van der Waals surface area contributed by atoms with Gasteiger partial charge in [-0.25, -0.2) is 44.9 Å². The van der Waals surface area contributed by atoms with Crippen LogP contribution in [0, 0.1) is 0 Å². The van der Waals surface area contributed by atoms with Crippen LogP contribution in [0.1, 0.15) is 25.0 Å². The first kappa shape index (κ1) is 84.9. The molecule has 0 saturated carbocycles. The molecule has 0 radical (unpaired) electrons. The molecule has 29 rings (SSSR count). The Hall–Kier alpha value is -18.3. The van der Waals surface area contributed by atoms with Gasteiger partial charge in [-0.15, -0.1) is 22.7 Å². The summed E-state index contributed by atoms with van der Waals surface area (Å²) < 4.78 is 11.5. The molecule has 144 heavy (non-hydrogen) atoms. The van der Waals surface area contributed by atoms with Gasteiger partial charge in [0.25, 0.3) is 0 Å². The lowest BCUT2D eigenvalue weighted by Crippen LogP contribution is -2.15. The molecular formula is C132H83N9OS2. The van der Waals surface area contributed by atoms with Gasteiger partial charge in [0.05, 0.1) is 0 Å². The Morgan fingerprint density at radius 3 is 0.799 bits per heavy atom. The molecule has 6 heterocycles. The Kier molecular flexibility index (Phi) is 20.8. The number of furan rings is 1. The first-order valence-electron chi connectivity index (χ1n) is 48.5. The summed E-state index contributed by atoms with van der Waals surface area (Å²) in [6.45, 7) is 4.68. The van der Waals surface area contributed by atoms with Gasteiger partial charge in [-0.2, -0.15) is 0 Å². The number of hydrogen-bond acceptors (Lipinski definition) is 12. The van der Waals surface area contributed by atoms with Crippen molar-refractivity contribution >= 4 is 150 Å². The molecule has 0 bridgehead atoms. The predicted octanol–water partition coefficient (Wildman–Crippen LogP) is 35.5. The Morgan fingerprint density at radius 2 is 0.424 bits per heavy atom. The zero-order valence-corrected chi connectivity index (χ0v) is 79.8. The summed E-state index contributed by atoms with van der Waals surface area (Å²) in [6, 6.07) is 165. The monoisotopic (exact) mass is 1870 g/mol. The van der Waals surface area contributed by atoms with Crippen LogP contribution in [0.15, 0.2) is 472 Å². The van der Waals surface area contributed by atoms with Crippen LogP contribution in [-0.2, 0) is 5.41 Å². The molecule has 22 aromatic carbocycles. The van der Waals surface area contributed by atoms with Crippen LogP contribution < -0.4 is 0 Å². The summed E-state index contributed by atoms with van der Waals surface area (Å²) in [7, 11) is 0. The third-order valence-corrected chi connectivity index (χ3v) is 30.6. The van der Waals surface area contributed by atoms with Crippen LogP contribution in [0.3, 0.4) is 0 Å². The molecule has 0 aliphatic heterocycles. The highest BCUT2D eigenvalue weighted by atomic mass is 32.1. The summed E-state index contributed by atoms with van der Waals surface area (Å²) in [5, 5.41) is 22.9. The fourth-order valence-corrected chi connectivity index (χ4v) is 23.4. The van der Waals surface area contributed by atoms with E-state index in [0.29, 0.717) is 52.4 Å². The van der Waals surface area contributed by atoms with E-state index in [4.69, 9.17) is 49.3 Å². The minimum atomic E-state index is -0.215. The average Bonchev–Trinajstić information content (AvgIpc) is 1.56. The molecule has 12 heteroatoms. The maximum absolute atomic E-state index is 6.20. The normalized spacial score (nSPS) is 12.2. The minimum absolute atomic E-state index is 0.215. The summed E-state index contributed by atoms with van der Waals surface area (Å²) in [5.41, 5.74) is 22.5. The van der Waals surface area contributed by atoms with Crippen molar-refractivity contribution in [3.05, 3.63) is 478 Å². The second-order valence-electron chi connectivity index (χ2n) is 37.3. The first-order chi connectivity index (χ1) is 71.1. The Labute approximate surface area is 837 Å². The van der Waals surface area contributed by atoms with Gasteiger partial charge >= 0.3 is 0 Å². The largest absolute Gasteiger partial charge is 0.456 e. The second-order valence-corrected chi connectivity index (χ2v) is 39.5. The van der Waals surface area contributed by atoms with E-state index in [0.717, 1.165) is 83.3 Å². The van der Waals surface area contributed by atoms with E-state index in [1.54, 1.807) is 0 Å². The van der Waals surface area contributed by atoms with Crippen LogP contribution in [0.4, 0.5) is 0 Å². The van der Waals surface area contributed by atoms with Crippen molar-refractivity contribution in [1.29, 1.82) is 0 Å². The van der Waals surface area contributed by atoms with Gasteiger partial charge < -0.3 is 4.42 Å². The number of fused-ring (bicyclic) bond motifs is 24. The lowest BCUT2D eigenvalue weighted by atomic mass is 9.81. The number of para-hydroxylation sites is 1. The molecule has 1 aliphatic rings. The minimum Gasteiger partial charge on any atom is -0.456 e. The highest BCUT2D eigenvalue weighted by molar-refractivity contribution is 7.26. The molecule has 674 valence electrons. The van der Waals surface area contributed by atoms with E-state index >= 15 is 0 Å². The van der Waals surface area contributed by atoms with Gasteiger partial charge in [0.1, 0.15) is 11.2 Å². The SMILES string of the molecule is CC1(C)c2cc(-c3ccc4c(ccc5ccc6sc7ccccc7c6c54)c3)ccc2-c2ccc(-c3nc(-c4ccccc4)nc(-c4ccccc4)n3)cc21.c1ccc(-c2nc(-c3ccccc3)nc(-c3ccc(-c4ccc5c(ccc6ccc7oc8ccccc8c7c65)c4)cc3)n2)cc1.c1ccc(-c2nc(-c3ccccc3)nc(-c3ccc(-c4ccc5c(ccc6ccc7sc8ccccc8c7c65)c4)cc3)n2)cc1. The van der Waals surface area contributed by atoms with Gasteiger partial charge in [0, 0.05) is 112 Å². The highest BCUT2D eigenvalue weighted by Crippen LogP contribution is 2.53. The predicted molar refractivity (Wildman–Crippen MR) is 600 cm³/mol. The molecule has 1 aliphatic carbocycles.